The van der Waals surface area contributed by atoms with Crippen LogP contribution in [0, 0.1) is 5.92 Å². The van der Waals surface area contributed by atoms with Gasteiger partial charge in [-0.25, -0.2) is 0 Å². The van der Waals surface area contributed by atoms with Gasteiger partial charge in [0.25, 0.3) is 5.91 Å². The molecular weight excluding hydrogens is 268 g/mol. The number of carboxylic acids is 1. The minimum absolute atomic E-state index is 0.0299. The second-order valence-corrected chi connectivity index (χ2v) is 6.01. The average molecular weight is 288 g/mol. The molecule has 112 valence electrons. The monoisotopic (exact) mass is 288 g/mol. The largest absolute Gasteiger partial charge is 0.481 e. The Morgan fingerprint density at radius 2 is 1.95 bits per heavy atom. The van der Waals surface area contributed by atoms with Crippen molar-refractivity contribution in [3.8, 4) is 0 Å². The predicted octanol–water partition coefficient (Wildman–Crippen LogP) is 1.35. The summed E-state index contributed by atoms with van der Waals surface area (Å²) in [6.45, 7) is 0. The minimum atomic E-state index is -0.814. The summed E-state index contributed by atoms with van der Waals surface area (Å²) in [6, 6.07) is 9.08. The highest BCUT2D eigenvalue weighted by Gasteiger charge is 2.49. The van der Waals surface area contributed by atoms with E-state index >= 15 is 0 Å². The number of hydrogen-bond acceptors (Lipinski definition) is 3. The fourth-order valence-electron chi connectivity index (χ4n) is 3.79. The van der Waals surface area contributed by atoms with Gasteiger partial charge in [0.1, 0.15) is 0 Å². The molecule has 2 saturated heterocycles. The number of fused-ring (bicyclic) bond motifs is 2. The van der Waals surface area contributed by atoms with Crippen LogP contribution in [0.1, 0.15) is 29.6 Å². The predicted molar refractivity (Wildman–Crippen MR) is 78.0 cm³/mol. The Morgan fingerprint density at radius 3 is 2.62 bits per heavy atom. The fraction of sp³-hybridized carbons (Fsp3) is 0.500. The number of nitrogens with zero attached hydrogens (tertiary/aromatic N) is 1. The molecule has 2 fully saturated rings. The third kappa shape index (κ3) is 2.53. The van der Waals surface area contributed by atoms with Crippen LogP contribution in [-0.4, -0.2) is 47.1 Å². The van der Waals surface area contributed by atoms with E-state index in [1.54, 1.807) is 12.1 Å². The van der Waals surface area contributed by atoms with Crippen molar-refractivity contribution in [1.29, 1.82) is 0 Å². The van der Waals surface area contributed by atoms with Crippen molar-refractivity contribution in [2.45, 2.75) is 37.4 Å². The first-order valence-electron chi connectivity index (χ1n) is 7.38. The number of carbonyl (C=O) groups excluding carboxylic acids is 1. The van der Waals surface area contributed by atoms with Crippen LogP contribution in [0.15, 0.2) is 30.3 Å². The summed E-state index contributed by atoms with van der Waals surface area (Å²) in [5.41, 5.74) is 0.577. The number of rotatable bonds is 3. The zero-order valence-electron chi connectivity index (χ0n) is 12.0. The van der Waals surface area contributed by atoms with Gasteiger partial charge in [0, 0.05) is 23.7 Å². The third-order valence-corrected chi connectivity index (χ3v) is 4.91. The molecule has 0 spiro atoms. The van der Waals surface area contributed by atoms with Crippen molar-refractivity contribution < 1.29 is 14.7 Å². The van der Waals surface area contributed by atoms with Crippen LogP contribution in [0.3, 0.4) is 0 Å². The second kappa shape index (κ2) is 5.48. The van der Waals surface area contributed by atoms with Crippen molar-refractivity contribution in [1.82, 2.24) is 10.2 Å². The molecule has 5 nitrogen and oxygen atoms in total. The van der Waals surface area contributed by atoms with Crippen LogP contribution < -0.4 is 5.32 Å². The van der Waals surface area contributed by atoms with Gasteiger partial charge in [0.2, 0.25) is 0 Å². The Balaban J connectivity index is 1.78. The SMILES string of the molecule is CN1C2CC[C@@H]1C(C(=O)O)C(NC(=O)c1ccccc1)C2. The van der Waals surface area contributed by atoms with E-state index in [1.807, 2.05) is 25.2 Å². The molecule has 1 amide bonds. The van der Waals surface area contributed by atoms with Crippen molar-refractivity contribution in [3.63, 3.8) is 0 Å². The number of carbonyl (C=O) groups is 2. The fourth-order valence-corrected chi connectivity index (χ4v) is 3.79. The molecule has 3 rings (SSSR count). The number of piperidine rings is 1. The number of carboxylic acid groups (broad SMARTS) is 1. The highest BCUT2D eigenvalue weighted by molar-refractivity contribution is 5.94. The lowest BCUT2D eigenvalue weighted by Gasteiger charge is -2.41. The lowest BCUT2D eigenvalue weighted by Crippen LogP contribution is -2.57. The van der Waals surface area contributed by atoms with Gasteiger partial charge in [0.15, 0.2) is 0 Å². The Hall–Kier alpha value is -1.88. The molecule has 0 radical (unpaired) electrons. The van der Waals surface area contributed by atoms with Crippen LogP contribution in [0.4, 0.5) is 0 Å². The van der Waals surface area contributed by atoms with E-state index in [0.717, 1.165) is 12.8 Å². The van der Waals surface area contributed by atoms with Gasteiger partial charge in [-0.15, -0.1) is 0 Å². The summed E-state index contributed by atoms with van der Waals surface area (Å²) in [5, 5.41) is 12.5. The van der Waals surface area contributed by atoms with E-state index in [0.29, 0.717) is 18.0 Å². The maximum absolute atomic E-state index is 12.3. The molecule has 2 aliphatic heterocycles. The summed E-state index contributed by atoms with van der Waals surface area (Å²) >= 11 is 0. The van der Waals surface area contributed by atoms with E-state index in [1.165, 1.54) is 0 Å². The number of hydrogen-bond donors (Lipinski definition) is 2. The highest BCUT2D eigenvalue weighted by Crippen LogP contribution is 2.38. The maximum Gasteiger partial charge on any atom is 0.310 e. The smallest absolute Gasteiger partial charge is 0.310 e. The zero-order valence-corrected chi connectivity index (χ0v) is 12.0. The summed E-state index contributed by atoms with van der Waals surface area (Å²) in [7, 11) is 1.99. The maximum atomic E-state index is 12.3. The van der Waals surface area contributed by atoms with Crippen molar-refractivity contribution in [2.24, 2.45) is 5.92 Å². The second-order valence-electron chi connectivity index (χ2n) is 6.01. The molecule has 21 heavy (non-hydrogen) atoms. The van der Waals surface area contributed by atoms with E-state index in [9.17, 15) is 14.7 Å². The molecule has 4 atom stereocenters. The Kier molecular flexibility index (Phi) is 3.68. The van der Waals surface area contributed by atoms with Gasteiger partial charge < -0.3 is 10.4 Å². The Morgan fingerprint density at radius 1 is 1.24 bits per heavy atom. The number of aliphatic carboxylic acids is 1. The molecule has 2 N–H and O–H groups in total. The lowest BCUT2D eigenvalue weighted by atomic mass is 9.85. The van der Waals surface area contributed by atoms with E-state index in [-0.39, 0.29) is 18.0 Å². The molecule has 2 bridgehead atoms. The molecule has 2 heterocycles. The third-order valence-electron chi connectivity index (χ3n) is 4.91. The zero-order chi connectivity index (χ0) is 15.0. The number of amides is 1. The topological polar surface area (TPSA) is 69.6 Å². The van der Waals surface area contributed by atoms with Crippen LogP contribution in [0.5, 0.6) is 0 Å². The first kappa shape index (κ1) is 14.1. The van der Waals surface area contributed by atoms with Gasteiger partial charge in [0.05, 0.1) is 5.92 Å². The normalized spacial score (nSPS) is 31.9. The quantitative estimate of drug-likeness (QED) is 0.881. The highest BCUT2D eigenvalue weighted by atomic mass is 16.4. The Bertz CT molecular complexity index is 546. The molecule has 1 aromatic rings. The van der Waals surface area contributed by atoms with Crippen LogP contribution in [0.25, 0.3) is 0 Å². The van der Waals surface area contributed by atoms with Crippen molar-refractivity contribution >= 4 is 11.9 Å². The molecule has 0 aliphatic carbocycles. The van der Waals surface area contributed by atoms with Gasteiger partial charge in [-0.3, -0.25) is 14.5 Å². The summed E-state index contributed by atoms with van der Waals surface area (Å²) in [4.78, 5) is 26.1. The first-order valence-corrected chi connectivity index (χ1v) is 7.38. The first-order chi connectivity index (χ1) is 10.1. The van der Waals surface area contributed by atoms with E-state index in [2.05, 4.69) is 10.2 Å². The summed E-state index contributed by atoms with van der Waals surface area (Å²) < 4.78 is 0. The molecule has 2 aliphatic rings. The lowest BCUT2D eigenvalue weighted by molar-refractivity contribution is -0.146. The molecule has 5 heteroatoms. The van der Waals surface area contributed by atoms with Gasteiger partial charge in [-0.05, 0) is 38.4 Å². The molecule has 0 aromatic heterocycles. The van der Waals surface area contributed by atoms with Crippen molar-refractivity contribution in [3.05, 3.63) is 35.9 Å². The van der Waals surface area contributed by atoms with Gasteiger partial charge in [-0.2, -0.15) is 0 Å². The van der Waals surface area contributed by atoms with E-state index < -0.39 is 11.9 Å². The van der Waals surface area contributed by atoms with Crippen LogP contribution >= 0.6 is 0 Å². The van der Waals surface area contributed by atoms with Crippen LogP contribution in [-0.2, 0) is 4.79 Å². The number of benzene rings is 1. The van der Waals surface area contributed by atoms with Crippen LogP contribution in [0.2, 0.25) is 0 Å². The standard InChI is InChI=1S/C16H20N2O3/c1-18-11-7-8-13(18)14(16(20)21)12(9-11)17-15(19)10-5-3-2-4-6-10/h2-6,11-14H,7-9H2,1H3,(H,17,19)(H,20,21)/t11?,12?,13-,14?/m1/s1. The molecule has 3 unspecified atom stereocenters. The summed E-state index contributed by atoms with van der Waals surface area (Å²) in [5.74, 6) is -1.53. The minimum Gasteiger partial charge on any atom is -0.481 e. The molecule has 0 saturated carbocycles. The number of nitrogens with one attached hydrogen (secondary N) is 1. The summed E-state index contributed by atoms with van der Waals surface area (Å²) in [6.07, 6.45) is 2.63. The van der Waals surface area contributed by atoms with Gasteiger partial charge >= 0.3 is 5.97 Å². The van der Waals surface area contributed by atoms with Gasteiger partial charge in [-0.1, -0.05) is 18.2 Å². The van der Waals surface area contributed by atoms with E-state index in [4.69, 9.17) is 0 Å². The van der Waals surface area contributed by atoms with Crippen molar-refractivity contribution in [2.75, 3.05) is 7.05 Å². The molecule has 1 aromatic carbocycles. The Labute approximate surface area is 123 Å². The molecular formula is C16H20N2O3. The average Bonchev–Trinajstić information content (AvgIpc) is 2.72.